The highest BCUT2D eigenvalue weighted by Crippen LogP contribution is 2.45. The zero-order valence-electron chi connectivity index (χ0n) is 19.1. The van der Waals surface area contributed by atoms with Gasteiger partial charge >= 0.3 is 0 Å². The third-order valence-electron chi connectivity index (χ3n) is 6.03. The lowest BCUT2D eigenvalue weighted by molar-refractivity contribution is -0.188. The van der Waals surface area contributed by atoms with Gasteiger partial charge in [0.2, 0.25) is 0 Å². The van der Waals surface area contributed by atoms with Crippen molar-refractivity contribution in [2.45, 2.75) is 37.2 Å². The van der Waals surface area contributed by atoms with E-state index in [4.69, 9.17) is 19.9 Å². The zero-order chi connectivity index (χ0) is 24.1. The fourth-order valence-electron chi connectivity index (χ4n) is 4.34. The largest absolute Gasteiger partial charge is 0.486 e. The van der Waals surface area contributed by atoms with E-state index < -0.39 is 24.6 Å². The third-order valence-corrected chi connectivity index (χ3v) is 6.03. The molecule has 4 N–H and O–H groups in total. The summed E-state index contributed by atoms with van der Waals surface area (Å²) >= 11 is 0. The van der Waals surface area contributed by atoms with Crippen LogP contribution in [0.3, 0.4) is 0 Å². The van der Waals surface area contributed by atoms with Crippen LogP contribution in [0.5, 0.6) is 5.75 Å². The normalized spacial score (nSPS) is 23.6. The molecule has 2 atom stereocenters. The lowest BCUT2D eigenvalue weighted by Crippen LogP contribution is -2.41. The van der Waals surface area contributed by atoms with Crippen LogP contribution in [-0.4, -0.2) is 63.7 Å². The topological polar surface area (TPSA) is 112 Å². The van der Waals surface area contributed by atoms with E-state index in [1.807, 2.05) is 30.3 Å². The predicted octanol–water partition coefficient (Wildman–Crippen LogP) is 2.12. The molecule has 182 valence electrons. The number of rotatable bonds is 8. The third kappa shape index (κ3) is 5.22. The maximum absolute atomic E-state index is 13.9. The molecule has 2 aliphatic rings. The molecule has 1 fully saturated rings. The van der Waals surface area contributed by atoms with E-state index >= 15 is 0 Å². The maximum atomic E-state index is 13.9. The fraction of sp³-hybridized carbons (Fsp3) is 0.440. The molecule has 1 saturated heterocycles. The van der Waals surface area contributed by atoms with Crippen molar-refractivity contribution in [3.8, 4) is 5.75 Å². The van der Waals surface area contributed by atoms with Crippen LogP contribution in [-0.2, 0) is 9.47 Å². The number of nitrogens with one attached hydrogen (secondary N) is 2. The van der Waals surface area contributed by atoms with Gasteiger partial charge in [0.15, 0.2) is 6.29 Å². The first kappa shape index (κ1) is 24.1. The Balaban J connectivity index is 1.52. The van der Waals surface area contributed by atoms with E-state index in [1.165, 1.54) is 13.1 Å². The molecule has 2 aliphatic heterocycles. The molecule has 9 heteroatoms. The molecule has 2 aromatic rings. The minimum Gasteiger partial charge on any atom is -0.486 e. The molecule has 0 radical (unpaired) electrons. The molecular formula is C25H30FN3O5. The summed E-state index contributed by atoms with van der Waals surface area (Å²) in [6.07, 6.45) is 0.183. The van der Waals surface area contributed by atoms with Gasteiger partial charge in [0.05, 0.1) is 30.7 Å². The highest BCUT2D eigenvalue weighted by atomic mass is 19.1. The SMILES string of the molecule is CNC(=O)c1cc(C(=O)NCCCC2OCC(N)CO2)cc2c1O[C@H](CF)[C@H]2c1ccccc1. The van der Waals surface area contributed by atoms with Crippen molar-refractivity contribution in [2.75, 3.05) is 33.5 Å². The fourth-order valence-corrected chi connectivity index (χ4v) is 4.34. The minimum atomic E-state index is -0.775. The number of carbonyl (C=O) groups excluding carboxylic acids is 2. The molecule has 8 nitrogen and oxygen atoms in total. The Morgan fingerprint density at radius 1 is 1.12 bits per heavy atom. The lowest BCUT2D eigenvalue weighted by atomic mass is 9.86. The van der Waals surface area contributed by atoms with Gasteiger partial charge < -0.3 is 30.6 Å². The van der Waals surface area contributed by atoms with E-state index in [0.29, 0.717) is 49.5 Å². The van der Waals surface area contributed by atoms with Gasteiger partial charge in [-0.05, 0) is 24.1 Å². The molecule has 2 heterocycles. The molecule has 0 bridgehead atoms. The molecule has 0 aliphatic carbocycles. The highest BCUT2D eigenvalue weighted by Gasteiger charge is 2.39. The summed E-state index contributed by atoms with van der Waals surface area (Å²) in [6, 6.07) is 12.5. The van der Waals surface area contributed by atoms with Crippen LogP contribution in [0.4, 0.5) is 4.39 Å². The van der Waals surface area contributed by atoms with Crippen molar-refractivity contribution in [2.24, 2.45) is 5.73 Å². The van der Waals surface area contributed by atoms with Crippen LogP contribution >= 0.6 is 0 Å². The Labute approximate surface area is 197 Å². The number of carbonyl (C=O) groups is 2. The number of alkyl halides is 1. The Bertz CT molecular complexity index is 1010. The standard InChI is InChI=1S/C25H30FN3O5/c1-28-25(31)19-11-16(24(30)29-9-5-8-21-32-13-17(27)14-33-21)10-18-22(15-6-3-2-4-7-15)20(12-26)34-23(18)19/h2-4,6-7,10-11,17,20-22H,5,8-9,12-14,27H2,1H3,(H,28,31)(H,29,30)/t17?,20-,21?,22+/m1/s1. The van der Waals surface area contributed by atoms with E-state index in [2.05, 4.69) is 10.6 Å². The maximum Gasteiger partial charge on any atom is 0.254 e. The molecule has 0 spiro atoms. The number of hydrogen-bond acceptors (Lipinski definition) is 6. The number of ether oxygens (including phenoxy) is 3. The average molecular weight is 472 g/mol. The molecule has 4 rings (SSSR count). The van der Waals surface area contributed by atoms with Gasteiger partial charge in [-0.25, -0.2) is 4.39 Å². The Hall–Kier alpha value is -3.01. The first-order chi connectivity index (χ1) is 16.5. The van der Waals surface area contributed by atoms with Gasteiger partial charge in [0, 0.05) is 31.1 Å². The van der Waals surface area contributed by atoms with Crippen LogP contribution in [0.25, 0.3) is 0 Å². The summed E-state index contributed by atoms with van der Waals surface area (Å²) < 4.78 is 30.8. The van der Waals surface area contributed by atoms with Crippen LogP contribution in [0.15, 0.2) is 42.5 Å². The van der Waals surface area contributed by atoms with Crippen molar-refractivity contribution in [1.29, 1.82) is 0 Å². The molecule has 0 unspecified atom stereocenters. The number of benzene rings is 2. The average Bonchev–Trinajstić information content (AvgIpc) is 3.25. The first-order valence-corrected chi connectivity index (χ1v) is 11.5. The smallest absolute Gasteiger partial charge is 0.254 e. The second-order valence-electron chi connectivity index (χ2n) is 8.47. The zero-order valence-corrected chi connectivity index (χ0v) is 19.1. The van der Waals surface area contributed by atoms with Crippen LogP contribution in [0.1, 0.15) is 50.6 Å². The highest BCUT2D eigenvalue weighted by molar-refractivity contribution is 6.02. The van der Waals surface area contributed by atoms with Crippen molar-refractivity contribution in [3.05, 3.63) is 64.7 Å². The van der Waals surface area contributed by atoms with Gasteiger partial charge in [-0.3, -0.25) is 9.59 Å². The molecule has 0 saturated carbocycles. The summed E-state index contributed by atoms with van der Waals surface area (Å²) in [7, 11) is 1.50. The van der Waals surface area contributed by atoms with Crippen molar-refractivity contribution >= 4 is 11.8 Å². The Morgan fingerprint density at radius 3 is 2.53 bits per heavy atom. The number of halogens is 1. The van der Waals surface area contributed by atoms with Gasteiger partial charge in [0.1, 0.15) is 18.5 Å². The van der Waals surface area contributed by atoms with Crippen molar-refractivity contribution in [3.63, 3.8) is 0 Å². The summed E-state index contributed by atoms with van der Waals surface area (Å²) in [5, 5.41) is 5.46. The van der Waals surface area contributed by atoms with Gasteiger partial charge in [-0.15, -0.1) is 0 Å². The molecule has 34 heavy (non-hydrogen) atoms. The van der Waals surface area contributed by atoms with Gasteiger partial charge in [-0.2, -0.15) is 0 Å². The number of nitrogens with two attached hydrogens (primary N) is 1. The number of fused-ring (bicyclic) bond motifs is 1. The summed E-state index contributed by atoms with van der Waals surface area (Å²) in [5.41, 5.74) is 7.75. The van der Waals surface area contributed by atoms with Crippen LogP contribution in [0, 0.1) is 0 Å². The second-order valence-corrected chi connectivity index (χ2v) is 8.47. The number of hydrogen-bond donors (Lipinski definition) is 3. The Kier molecular flexibility index (Phi) is 7.77. The Morgan fingerprint density at radius 2 is 1.85 bits per heavy atom. The molecule has 2 aromatic carbocycles. The van der Waals surface area contributed by atoms with E-state index in [1.54, 1.807) is 6.07 Å². The number of amides is 2. The van der Waals surface area contributed by atoms with Crippen molar-refractivity contribution < 1.29 is 28.2 Å². The lowest BCUT2D eigenvalue weighted by Gasteiger charge is -2.27. The van der Waals surface area contributed by atoms with Gasteiger partial charge in [-0.1, -0.05) is 30.3 Å². The summed E-state index contributed by atoms with van der Waals surface area (Å²) in [5.74, 6) is -0.834. The second kappa shape index (κ2) is 10.9. The summed E-state index contributed by atoms with van der Waals surface area (Å²) in [6.45, 7) is 0.600. The van der Waals surface area contributed by atoms with Crippen molar-refractivity contribution in [1.82, 2.24) is 10.6 Å². The van der Waals surface area contributed by atoms with E-state index in [0.717, 1.165) is 5.56 Å². The van der Waals surface area contributed by atoms with Crippen LogP contribution in [0.2, 0.25) is 0 Å². The molecule has 2 amide bonds. The monoisotopic (exact) mass is 471 g/mol. The minimum absolute atomic E-state index is 0.106. The summed E-state index contributed by atoms with van der Waals surface area (Å²) in [4.78, 5) is 25.6. The quantitative estimate of drug-likeness (QED) is 0.509. The van der Waals surface area contributed by atoms with Gasteiger partial charge in [0.25, 0.3) is 11.8 Å². The predicted molar refractivity (Wildman–Crippen MR) is 124 cm³/mol. The van der Waals surface area contributed by atoms with Crippen LogP contribution < -0.4 is 21.1 Å². The molecule has 0 aromatic heterocycles. The van der Waals surface area contributed by atoms with E-state index in [-0.39, 0.29) is 23.8 Å². The molecular weight excluding hydrogens is 441 g/mol. The first-order valence-electron chi connectivity index (χ1n) is 11.5. The van der Waals surface area contributed by atoms with E-state index in [9.17, 15) is 14.0 Å².